The largest absolute Gasteiger partial charge is 0.456 e. The fourth-order valence-corrected chi connectivity index (χ4v) is 2.99. The molecule has 25 heavy (non-hydrogen) atoms. The van der Waals surface area contributed by atoms with E-state index in [1.807, 2.05) is 67.6 Å². The van der Waals surface area contributed by atoms with Crippen LogP contribution in [0.3, 0.4) is 0 Å². The van der Waals surface area contributed by atoms with E-state index in [0.29, 0.717) is 5.57 Å². The van der Waals surface area contributed by atoms with Gasteiger partial charge in [-0.15, -0.1) is 0 Å². The Morgan fingerprint density at radius 2 is 1.64 bits per heavy atom. The van der Waals surface area contributed by atoms with Gasteiger partial charge in [-0.2, -0.15) is 0 Å². The highest BCUT2D eigenvalue weighted by atomic mass is 16.6. The topological polar surface area (TPSA) is 52.6 Å². The zero-order chi connectivity index (χ0) is 17.4. The molecule has 126 valence electrons. The fourth-order valence-electron chi connectivity index (χ4n) is 2.99. The smallest absolute Gasteiger partial charge is 0.347 e. The second-order valence-electron chi connectivity index (χ2n) is 6.69. The van der Waals surface area contributed by atoms with Crippen LogP contribution in [0.2, 0.25) is 0 Å². The van der Waals surface area contributed by atoms with Crippen molar-refractivity contribution in [3.63, 3.8) is 0 Å². The molecule has 0 saturated heterocycles. The molecule has 2 aromatic carbocycles. The van der Waals surface area contributed by atoms with Gasteiger partial charge >= 0.3 is 11.9 Å². The molecule has 1 saturated carbocycles. The maximum atomic E-state index is 12.7. The van der Waals surface area contributed by atoms with Crippen molar-refractivity contribution in [1.82, 2.24) is 0 Å². The number of cyclic esters (lactones) is 1. The highest BCUT2D eigenvalue weighted by Crippen LogP contribution is 2.44. The summed E-state index contributed by atoms with van der Waals surface area (Å²) in [6.45, 7) is 1.88. The molecule has 4 rings (SSSR count). The molecule has 1 heterocycles. The number of ether oxygens (including phenoxy) is 2. The first-order chi connectivity index (χ1) is 12.1. The van der Waals surface area contributed by atoms with Gasteiger partial charge in [0.1, 0.15) is 5.60 Å². The lowest BCUT2D eigenvalue weighted by Gasteiger charge is -2.15. The molecule has 4 nitrogen and oxygen atoms in total. The predicted molar refractivity (Wildman–Crippen MR) is 92.4 cm³/mol. The summed E-state index contributed by atoms with van der Waals surface area (Å²) in [6.07, 6.45) is 1.04. The van der Waals surface area contributed by atoms with Crippen LogP contribution in [0.5, 0.6) is 0 Å². The summed E-state index contributed by atoms with van der Waals surface area (Å²) in [6, 6.07) is 18.8. The summed E-state index contributed by atoms with van der Waals surface area (Å²) in [4.78, 5) is 25.2. The first-order valence-electron chi connectivity index (χ1n) is 8.36. The summed E-state index contributed by atoms with van der Waals surface area (Å²) in [7, 11) is 0. The van der Waals surface area contributed by atoms with Gasteiger partial charge in [0.15, 0.2) is 11.7 Å². The van der Waals surface area contributed by atoms with Crippen molar-refractivity contribution in [2.24, 2.45) is 0 Å². The van der Waals surface area contributed by atoms with Crippen molar-refractivity contribution in [3.8, 4) is 0 Å². The summed E-state index contributed by atoms with van der Waals surface area (Å²) >= 11 is 0. The van der Waals surface area contributed by atoms with Crippen LogP contribution in [0.25, 0.3) is 5.57 Å². The van der Waals surface area contributed by atoms with Crippen molar-refractivity contribution in [1.29, 1.82) is 0 Å². The van der Waals surface area contributed by atoms with Crippen LogP contribution in [-0.2, 0) is 19.1 Å². The lowest BCUT2D eigenvalue weighted by molar-refractivity contribution is -0.150. The molecule has 4 heteroatoms. The van der Waals surface area contributed by atoms with Crippen molar-refractivity contribution >= 4 is 17.5 Å². The molecule has 0 N–H and O–H groups in total. The van der Waals surface area contributed by atoms with E-state index >= 15 is 0 Å². The lowest BCUT2D eigenvalue weighted by Crippen LogP contribution is -2.20. The number of hydrogen-bond donors (Lipinski definition) is 0. The van der Waals surface area contributed by atoms with E-state index in [1.54, 1.807) is 0 Å². The van der Waals surface area contributed by atoms with Crippen molar-refractivity contribution in [3.05, 3.63) is 77.4 Å². The first kappa shape index (κ1) is 15.6. The predicted octanol–water partition coefficient (Wildman–Crippen LogP) is 3.83. The maximum absolute atomic E-state index is 12.7. The van der Waals surface area contributed by atoms with E-state index in [9.17, 15) is 9.59 Å². The summed E-state index contributed by atoms with van der Waals surface area (Å²) in [5.74, 6) is -1.22. The molecule has 2 aliphatic rings. The summed E-state index contributed by atoms with van der Waals surface area (Å²) in [5, 5.41) is 0. The average molecular weight is 334 g/mol. The van der Waals surface area contributed by atoms with E-state index in [0.717, 1.165) is 24.0 Å². The molecule has 1 unspecified atom stereocenters. The van der Waals surface area contributed by atoms with Crippen molar-refractivity contribution in [2.75, 3.05) is 0 Å². The second kappa shape index (κ2) is 5.88. The molecule has 0 radical (unpaired) electrons. The van der Waals surface area contributed by atoms with Gasteiger partial charge in [-0.1, -0.05) is 60.7 Å². The average Bonchev–Trinajstić information content (AvgIpc) is 3.24. The molecule has 1 atom stereocenters. The number of rotatable bonds is 4. The molecular formula is C21H18O4. The normalized spacial score (nSPS) is 21.0. The Morgan fingerprint density at radius 1 is 1.04 bits per heavy atom. The standard InChI is InChI=1S/C21H18O4/c1-21(12-13-21)25-20(23)17-16(14-8-4-2-5-9-14)18(24-19(17)22)15-10-6-3-7-11-15/h2-11,18H,12-13H2,1H3. The van der Waals surface area contributed by atoms with Crippen molar-refractivity contribution in [2.45, 2.75) is 31.5 Å². The molecule has 1 aliphatic carbocycles. The Bertz CT molecular complexity index is 848. The quantitative estimate of drug-likeness (QED) is 0.630. The first-order valence-corrected chi connectivity index (χ1v) is 8.36. The molecule has 0 aromatic heterocycles. The molecule has 0 spiro atoms. The Labute approximate surface area is 146 Å². The van der Waals surface area contributed by atoms with Gasteiger partial charge in [-0.25, -0.2) is 9.59 Å². The van der Waals surface area contributed by atoms with E-state index in [2.05, 4.69) is 0 Å². The van der Waals surface area contributed by atoms with Gasteiger partial charge in [0, 0.05) is 5.57 Å². The third kappa shape index (κ3) is 2.95. The van der Waals surface area contributed by atoms with Crippen LogP contribution in [-0.4, -0.2) is 17.5 Å². The fraction of sp³-hybridized carbons (Fsp3) is 0.238. The minimum atomic E-state index is -0.623. The molecule has 1 fully saturated rings. The zero-order valence-electron chi connectivity index (χ0n) is 13.9. The highest BCUT2D eigenvalue weighted by molar-refractivity contribution is 6.23. The summed E-state index contributed by atoms with van der Waals surface area (Å²) < 4.78 is 11.1. The third-order valence-corrected chi connectivity index (χ3v) is 4.65. The van der Waals surface area contributed by atoms with E-state index in [1.165, 1.54) is 0 Å². The third-order valence-electron chi connectivity index (χ3n) is 4.65. The molecule has 0 amide bonds. The number of esters is 2. The van der Waals surface area contributed by atoms with Crippen LogP contribution in [0, 0.1) is 0 Å². The van der Waals surface area contributed by atoms with E-state index in [-0.39, 0.29) is 5.57 Å². The number of hydrogen-bond acceptors (Lipinski definition) is 4. The Morgan fingerprint density at radius 3 is 2.24 bits per heavy atom. The van der Waals surface area contributed by atoms with Gasteiger partial charge in [-0.3, -0.25) is 0 Å². The monoisotopic (exact) mass is 334 g/mol. The van der Waals surface area contributed by atoms with Crippen LogP contribution in [0.1, 0.15) is 37.0 Å². The lowest BCUT2D eigenvalue weighted by atomic mass is 9.93. The van der Waals surface area contributed by atoms with Crippen molar-refractivity contribution < 1.29 is 19.1 Å². The van der Waals surface area contributed by atoms with Gasteiger partial charge < -0.3 is 9.47 Å². The number of benzene rings is 2. The minimum absolute atomic E-state index is 0.00757. The van der Waals surface area contributed by atoms with E-state index < -0.39 is 23.6 Å². The number of carbonyl (C=O) groups excluding carboxylic acids is 2. The minimum Gasteiger partial charge on any atom is -0.456 e. The van der Waals surface area contributed by atoms with E-state index in [4.69, 9.17) is 9.47 Å². The van der Waals surface area contributed by atoms with Gasteiger partial charge in [-0.05, 0) is 30.9 Å². The Hall–Kier alpha value is -2.88. The van der Waals surface area contributed by atoms with Crippen LogP contribution in [0.4, 0.5) is 0 Å². The maximum Gasteiger partial charge on any atom is 0.347 e. The van der Waals surface area contributed by atoms with Crippen LogP contribution < -0.4 is 0 Å². The summed E-state index contributed by atoms with van der Waals surface area (Å²) in [5.41, 5.74) is 1.75. The van der Waals surface area contributed by atoms with Crippen LogP contribution in [0.15, 0.2) is 66.2 Å². The molecular weight excluding hydrogens is 316 g/mol. The molecule has 1 aliphatic heterocycles. The zero-order valence-corrected chi connectivity index (χ0v) is 13.9. The highest BCUT2D eigenvalue weighted by Gasteiger charge is 2.46. The van der Waals surface area contributed by atoms with Gasteiger partial charge in [0.25, 0.3) is 0 Å². The van der Waals surface area contributed by atoms with Gasteiger partial charge in [0.05, 0.1) is 0 Å². The molecule has 2 aromatic rings. The Kier molecular flexibility index (Phi) is 3.68. The second-order valence-corrected chi connectivity index (χ2v) is 6.69. The SMILES string of the molecule is CC1(OC(=O)C2=C(c3ccccc3)C(c3ccccc3)OC2=O)CC1. The van der Waals surface area contributed by atoms with Crippen LogP contribution >= 0.6 is 0 Å². The number of carbonyl (C=O) groups is 2. The molecule has 0 bridgehead atoms. The Balaban J connectivity index is 1.82. The van der Waals surface area contributed by atoms with Gasteiger partial charge in [0.2, 0.25) is 0 Å².